The molecular formula is C12H10ClNO. The third-order valence-corrected chi connectivity index (χ3v) is 2.70. The van der Waals surface area contributed by atoms with Gasteiger partial charge >= 0.3 is 0 Å². The third kappa shape index (κ3) is 2.10. The van der Waals surface area contributed by atoms with Gasteiger partial charge in [-0.15, -0.1) is 0 Å². The van der Waals surface area contributed by atoms with E-state index in [9.17, 15) is 4.79 Å². The quantitative estimate of drug-likeness (QED) is 0.791. The van der Waals surface area contributed by atoms with Crippen LogP contribution >= 0.6 is 11.6 Å². The molecule has 0 aliphatic rings. The molecule has 3 heteroatoms. The number of aromatic nitrogens is 1. The van der Waals surface area contributed by atoms with Crippen molar-refractivity contribution in [2.75, 3.05) is 0 Å². The molecule has 2 nitrogen and oxygen atoms in total. The van der Waals surface area contributed by atoms with E-state index in [2.05, 4.69) is 4.98 Å². The summed E-state index contributed by atoms with van der Waals surface area (Å²) in [5, 5.41) is 0.732. The van der Waals surface area contributed by atoms with Crippen LogP contribution in [0.1, 0.15) is 21.5 Å². The first-order valence-corrected chi connectivity index (χ1v) is 5.03. The summed E-state index contributed by atoms with van der Waals surface area (Å²) < 4.78 is 0. The van der Waals surface area contributed by atoms with Crippen molar-refractivity contribution in [1.82, 2.24) is 4.98 Å². The Morgan fingerprint density at radius 3 is 2.73 bits per heavy atom. The van der Waals surface area contributed by atoms with E-state index in [1.807, 2.05) is 30.5 Å². The Balaban J connectivity index is 2.29. The van der Waals surface area contributed by atoms with Crippen LogP contribution in [-0.2, 0) is 6.42 Å². The number of carbonyl (C=O) groups excluding carboxylic acids is 1. The van der Waals surface area contributed by atoms with Gasteiger partial charge in [0.2, 0.25) is 0 Å². The van der Waals surface area contributed by atoms with Crippen molar-refractivity contribution in [3.8, 4) is 0 Å². The molecule has 0 fully saturated rings. The van der Waals surface area contributed by atoms with Crippen LogP contribution in [0.3, 0.4) is 0 Å². The third-order valence-electron chi connectivity index (χ3n) is 2.33. The van der Waals surface area contributed by atoms with Gasteiger partial charge in [0.1, 0.15) is 0 Å². The molecule has 1 aromatic heterocycles. The molecule has 0 atom stereocenters. The fourth-order valence-electron chi connectivity index (χ4n) is 1.52. The molecule has 0 saturated heterocycles. The lowest BCUT2D eigenvalue weighted by Crippen LogP contribution is -1.91. The van der Waals surface area contributed by atoms with E-state index in [-0.39, 0.29) is 0 Å². The highest BCUT2D eigenvalue weighted by Crippen LogP contribution is 2.19. The molecule has 1 N–H and O–H groups in total. The molecule has 2 rings (SSSR count). The molecule has 0 saturated carbocycles. The number of hydrogen-bond donors (Lipinski definition) is 1. The van der Waals surface area contributed by atoms with E-state index in [4.69, 9.17) is 11.6 Å². The molecule has 0 aliphatic carbocycles. The molecule has 1 aromatic carbocycles. The molecule has 0 radical (unpaired) electrons. The average molecular weight is 220 g/mol. The minimum absolute atomic E-state index is 0.678. The fraction of sp³-hybridized carbons (Fsp3) is 0.0833. The largest absolute Gasteiger partial charge is 0.367 e. The highest BCUT2D eigenvalue weighted by Gasteiger charge is 2.05. The summed E-state index contributed by atoms with van der Waals surface area (Å²) in [6.45, 7) is 0. The molecule has 76 valence electrons. The van der Waals surface area contributed by atoms with Gasteiger partial charge < -0.3 is 4.98 Å². The van der Waals surface area contributed by atoms with E-state index in [0.717, 1.165) is 22.4 Å². The summed E-state index contributed by atoms with van der Waals surface area (Å²) in [4.78, 5) is 13.6. The van der Waals surface area contributed by atoms with Crippen LogP contribution in [0.25, 0.3) is 0 Å². The van der Waals surface area contributed by atoms with Crippen molar-refractivity contribution in [2.24, 2.45) is 0 Å². The van der Waals surface area contributed by atoms with Gasteiger partial charge in [0.15, 0.2) is 6.29 Å². The Hall–Kier alpha value is -1.54. The molecule has 0 unspecified atom stereocenters. The van der Waals surface area contributed by atoms with Gasteiger partial charge in [-0.25, -0.2) is 0 Å². The van der Waals surface area contributed by atoms with E-state index in [1.165, 1.54) is 0 Å². The van der Waals surface area contributed by atoms with Gasteiger partial charge in [0, 0.05) is 29.4 Å². The predicted octanol–water partition coefficient (Wildman–Crippen LogP) is 3.07. The smallest absolute Gasteiger partial charge is 0.151 e. The van der Waals surface area contributed by atoms with Crippen molar-refractivity contribution < 1.29 is 4.79 Å². The Bertz CT molecular complexity index is 476. The summed E-state index contributed by atoms with van der Waals surface area (Å²) >= 11 is 6.04. The topological polar surface area (TPSA) is 32.9 Å². The van der Waals surface area contributed by atoms with Crippen LogP contribution in [0.2, 0.25) is 5.02 Å². The van der Waals surface area contributed by atoms with E-state index >= 15 is 0 Å². The Morgan fingerprint density at radius 1 is 1.20 bits per heavy atom. The van der Waals surface area contributed by atoms with Gasteiger partial charge in [-0.2, -0.15) is 0 Å². The number of hydrogen-bond acceptors (Lipinski definition) is 1. The van der Waals surface area contributed by atoms with Gasteiger partial charge in [0.25, 0.3) is 0 Å². The monoisotopic (exact) mass is 219 g/mol. The number of aromatic amines is 1. The summed E-state index contributed by atoms with van der Waals surface area (Å²) in [6.07, 6.45) is 5.05. The minimum Gasteiger partial charge on any atom is -0.367 e. The SMILES string of the molecule is O=Cc1c[nH]cc1Cc1ccccc1Cl. The van der Waals surface area contributed by atoms with Crippen molar-refractivity contribution in [3.63, 3.8) is 0 Å². The number of H-pyrrole nitrogens is 1. The van der Waals surface area contributed by atoms with Gasteiger partial charge in [-0.1, -0.05) is 29.8 Å². The Kier molecular flexibility index (Phi) is 2.88. The molecule has 0 aliphatic heterocycles. The second-order valence-electron chi connectivity index (χ2n) is 3.32. The fourth-order valence-corrected chi connectivity index (χ4v) is 1.72. The summed E-state index contributed by atoms with van der Waals surface area (Å²) in [5.41, 5.74) is 2.69. The zero-order valence-electron chi connectivity index (χ0n) is 8.03. The average Bonchev–Trinajstić information content (AvgIpc) is 2.69. The summed E-state index contributed by atoms with van der Waals surface area (Å²) in [7, 11) is 0. The van der Waals surface area contributed by atoms with Crippen LogP contribution in [0.5, 0.6) is 0 Å². The van der Waals surface area contributed by atoms with E-state index < -0.39 is 0 Å². The molecular weight excluding hydrogens is 210 g/mol. The summed E-state index contributed by atoms with van der Waals surface area (Å²) in [5.74, 6) is 0. The Morgan fingerprint density at radius 2 is 2.00 bits per heavy atom. The van der Waals surface area contributed by atoms with E-state index in [0.29, 0.717) is 12.0 Å². The first-order valence-electron chi connectivity index (χ1n) is 4.65. The lowest BCUT2D eigenvalue weighted by molar-refractivity contribution is 0.112. The highest BCUT2D eigenvalue weighted by molar-refractivity contribution is 6.31. The van der Waals surface area contributed by atoms with Crippen LogP contribution < -0.4 is 0 Å². The molecule has 0 bridgehead atoms. The van der Waals surface area contributed by atoms with Crippen molar-refractivity contribution >= 4 is 17.9 Å². The number of benzene rings is 1. The van der Waals surface area contributed by atoms with Crippen LogP contribution in [0, 0.1) is 0 Å². The first-order chi connectivity index (χ1) is 7.31. The van der Waals surface area contributed by atoms with Crippen molar-refractivity contribution in [1.29, 1.82) is 0 Å². The van der Waals surface area contributed by atoms with Gasteiger partial charge in [0.05, 0.1) is 0 Å². The molecule has 2 aromatic rings. The van der Waals surface area contributed by atoms with E-state index in [1.54, 1.807) is 6.20 Å². The summed E-state index contributed by atoms with van der Waals surface area (Å²) in [6, 6.07) is 7.64. The molecule has 15 heavy (non-hydrogen) atoms. The maximum atomic E-state index is 10.7. The maximum absolute atomic E-state index is 10.7. The van der Waals surface area contributed by atoms with Crippen molar-refractivity contribution in [2.45, 2.75) is 6.42 Å². The lowest BCUT2D eigenvalue weighted by Gasteiger charge is -2.02. The van der Waals surface area contributed by atoms with Crippen molar-refractivity contribution in [3.05, 3.63) is 58.4 Å². The second kappa shape index (κ2) is 4.32. The van der Waals surface area contributed by atoms with Gasteiger partial charge in [-0.05, 0) is 17.2 Å². The zero-order valence-corrected chi connectivity index (χ0v) is 8.79. The zero-order chi connectivity index (χ0) is 10.7. The van der Waals surface area contributed by atoms with Crippen LogP contribution in [-0.4, -0.2) is 11.3 Å². The number of aldehydes is 1. The van der Waals surface area contributed by atoms with Crippen LogP contribution in [0.4, 0.5) is 0 Å². The Labute approximate surface area is 92.9 Å². The van der Waals surface area contributed by atoms with Crippen LogP contribution in [0.15, 0.2) is 36.7 Å². The normalized spacial score (nSPS) is 10.2. The number of carbonyl (C=O) groups is 1. The number of rotatable bonds is 3. The molecule has 1 heterocycles. The number of nitrogens with one attached hydrogen (secondary N) is 1. The maximum Gasteiger partial charge on any atom is 0.151 e. The highest BCUT2D eigenvalue weighted by atomic mass is 35.5. The first kappa shape index (κ1) is 9.99. The number of halogens is 1. The van der Waals surface area contributed by atoms with Gasteiger partial charge in [-0.3, -0.25) is 4.79 Å². The predicted molar refractivity (Wildman–Crippen MR) is 60.4 cm³/mol. The standard InChI is InChI=1S/C12H10ClNO/c13-12-4-2-1-3-9(12)5-10-6-14-7-11(10)8-15/h1-4,6-8,14H,5H2. The molecule has 0 spiro atoms. The molecule has 0 amide bonds. The second-order valence-corrected chi connectivity index (χ2v) is 3.73. The minimum atomic E-state index is 0.678. The lowest BCUT2D eigenvalue weighted by atomic mass is 10.0.